The molecule has 0 saturated heterocycles. The van der Waals surface area contributed by atoms with E-state index in [2.05, 4.69) is 16.9 Å². The molecule has 0 aromatic carbocycles. The van der Waals surface area contributed by atoms with Gasteiger partial charge in [-0.1, -0.05) is 6.92 Å². The van der Waals surface area contributed by atoms with Gasteiger partial charge in [-0.2, -0.15) is 0 Å². The van der Waals surface area contributed by atoms with Crippen molar-refractivity contribution in [2.24, 2.45) is 5.92 Å². The second kappa shape index (κ2) is 2.72. The van der Waals surface area contributed by atoms with Crippen LogP contribution in [0, 0.1) is 12.8 Å². The first-order valence-corrected chi connectivity index (χ1v) is 5.23. The van der Waals surface area contributed by atoms with Crippen LogP contribution in [-0.4, -0.2) is 14.4 Å². The minimum atomic E-state index is -0.0537. The van der Waals surface area contributed by atoms with Crippen LogP contribution in [0.5, 0.6) is 0 Å². The number of nitrogens with zero attached hydrogens (tertiary/aromatic N) is 2. The Balaban J connectivity index is 2.29. The fourth-order valence-corrected chi connectivity index (χ4v) is 2.10. The van der Waals surface area contributed by atoms with Crippen LogP contribution in [0.4, 0.5) is 0 Å². The monoisotopic (exact) mass is 203 g/mol. The third-order valence-corrected chi connectivity index (χ3v) is 3.13. The maximum atomic E-state index is 11.6. The molecule has 3 rings (SSSR count). The van der Waals surface area contributed by atoms with Gasteiger partial charge in [0.2, 0.25) is 0 Å². The summed E-state index contributed by atoms with van der Waals surface area (Å²) in [6, 6.07) is 0. The van der Waals surface area contributed by atoms with E-state index < -0.39 is 0 Å². The number of aryl methyl sites for hydroxylation is 1. The van der Waals surface area contributed by atoms with Gasteiger partial charge in [-0.3, -0.25) is 9.20 Å². The zero-order chi connectivity index (χ0) is 10.6. The molecule has 4 nitrogen and oxygen atoms in total. The summed E-state index contributed by atoms with van der Waals surface area (Å²) in [5, 5.41) is 0. The summed E-state index contributed by atoms with van der Waals surface area (Å²) in [6.45, 7) is 4.10. The molecule has 0 aliphatic heterocycles. The summed E-state index contributed by atoms with van der Waals surface area (Å²) in [5.74, 6) is 2.27. The summed E-state index contributed by atoms with van der Waals surface area (Å²) in [6.07, 6.45) is 4.80. The van der Waals surface area contributed by atoms with Crippen molar-refractivity contribution in [3.05, 3.63) is 34.3 Å². The Labute approximate surface area is 87.0 Å². The fraction of sp³-hybridized carbons (Fsp3) is 0.455. The van der Waals surface area contributed by atoms with Gasteiger partial charge in [0, 0.05) is 17.8 Å². The van der Waals surface area contributed by atoms with Gasteiger partial charge in [0.1, 0.15) is 11.3 Å². The predicted octanol–water partition coefficient (Wildman–Crippen LogP) is 1.45. The molecule has 0 radical (unpaired) electrons. The van der Waals surface area contributed by atoms with Crippen molar-refractivity contribution >= 4 is 5.52 Å². The summed E-state index contributed by atoms with van der Waals surface area (Å²) in [4.78, 5) is 18.8. The van der Waals surface area contributed by atoms with Crippen molar-refractivity contribution in [2.75, 3.05) is 0 Å². The Morgan fingerprint density at radius 2 is 2.33 bits per heavy atom. The molecule has 1 saturated carbocycles. The van der Waals surface area contributed by atoms with Gasteiger partial charge in [-0.15, -0.1) is 0 Å². The number of H-pyrrole nitrogens is 1. The molecule has 1 fully saturated rings. The topological polar surface area (TPSA) is 50.2 Å². The van der Waals surface area contributed by atoms with Crippen molar-refractivity contribution < 1.29 is 0 Å². The molecule has 2 unspecified atom stereocenters. The standard InChI is InChI=1S/C11H13N3O/c1-6-3-8(6)10-12-4-9-11(15)13-7(2)5-14(9)10/h4-6,8H,3H2,1-2H3,(H,13,15). The number of hydrogen-bond acceptors (Lipinski definition) is 2. The maximum Gasteiger partial charge on any atom is 0.274 e. The van der Waals surface area contributed by atoms with Crippen LogP contribution in [0.25, 0.3) is 5.52 Å². The smallest absolute Gasteiger partial charge is 0.274 e. The van der Waals surface area contributed by atoms with Crippen LogP contribution in [0.15, 0.2) is 17.2 Å². The first-order valence-electron chi connectivity index (χ1n) is 5.23. The van der Waals surface area contributed by atoms with Crippen molar-refractivity contribution in [1.29, 1.82) is 0 Å². The highest BCUT2D eigenvalue weighted by Gasteiger charge is 2.37. The van der Waals surface area contributed by atoms with Gasteiger partial charge in [-0.25, -0.2) is 4.98 Å². The second-order valence-corrected chi connectivity index (χ2v) is 4.46. The molecule has 0 bridgehead atoms. The Bertz CT molecular complexity index is 581. The highest BCUT2D eigenvalue weighted by atomic mass is 16.1. The van der Waals surface area contributed by atoms with Crippen molar-refractivity contribution in [1.82, 2.24) is 14.4 Å². The lowest BCUT2D eigenvalue weighted by atomic mass is 10.3. The molecule has 4 heteroatoms. The van der Waals surface area contributed by atoms with Crippen LogP contribution in [0.2, 0.25) is 0 Å². The van der Waals surface area contributed by atoms with Crippen molar-refractivity contribution in [3.8, 4) is 0 Å². The van der Waals surface area contributed by atoms with E-state index in [1.54, 1.807) is 6.20 Å². The van der Waals surface area contributed by atoms with E-state index in [1.165, 1.54) is 6.42 Å². The van der Waals surface area contributed by atoms with E-state index in [9.17, 15) is 4.79 Å². The van der Waals surface area contributed by atoms with Crippen LogP contribution in [0.3, 0.4) is 0 Å². The summed E-state index contributed by atoms with van der Waals surface area (Å²) in [5.41, 5.74) is 1.47. The van der Waals surface area contributed by atoms with Gasteiger partial charge in [0.05, 0.1) is 6.20 Å². The molecule has 2 heterocycles. The normalized spacial score (nSPS) is 24.7. The third kappa shape index (κ3) is 1.21. The van der Waals surface area contributed by atoms with E-state index in [-0.39, 0.29) is 5.56 Å². The molecule has 2 aromatic rings. The highest BCUT2D eigenvalue weighted by Crippen LogP contribution is 2.46. The molecule has 15 heavy (non-hydrogen) atoms. The maximum absolute atomic E-state index is 11.6. The van der Waals surface area contributed by atoms with Gasteiger partial charge < -0.3 is 4.98 Å². The third-order valence-electron chi connectivity index (χ3n) is 3.13. The zero-order valence-corrected chi connectivity index (χ0v) is 8.82. The van der Waals surface area contributed by atoms with E-state index in [0.29, 0.717) is 17.4 Å². The SMILES string of the molecule is Cc1cn2c(C3CC3C)ncc2c(=O)[nH]1. The lowest BCUT2D eigenvalue weighted by molar-refractivity contribution is 0.831. The van der Waals surface area contributed by atoms with E-state index in [0.717, 1.165) is 11.5 Å². The molecule has 1 N–H and O–H groups in total. The second-order valence-electron chi connectivity index (χ2n) is 4.46. The van der Waals surface area contributed by atoms with Gasteiger partial charge in [0.25, 0.3) is 5.56 Å². The number of nitrogens with one attached hydrogen (secondary N) is 1. The largest absolute Gasteiger partial charge is 0.323 e. The average molecular weight is 203 g/mol. The number of rotatable bonds is 1. The van der Waals surface area contributed by atoms with Crippen LogP contribution >= 0.6 is 0 Å². The molecule has 2 atom stereocenters. The quantitative estimate of drug-likeness (QED) is 0.762. The predicted molar refractivity (Wildman–Crippen MR) is 57.1 cm³/mol. The fourth-order valence-electron chi connectivity index (χ4n) is 2.10. The summed E-state index contributed by atoms with van der Waals surface area (Å²) in [7, 11) is 0. The number of aromatic amines is 1. The first-order chi connectivity index (χ1) is 7.16. The Kier molecular flexibility index (Phi) is 1.58. The lowest BCUT2D eigenvalue weighted by Crippen LogP contribution is -2.11. The zero-order valence-electron chi connectivity index (χ0n) is 8.82. The van der Waals surface area contributed by atoms with Crippen LogP contribution in [-0.2, 0) is 0 Å². The van der Waals surface area contributed by atoms with Crippen molar-refractivity contribution in [2.45, 2.75) is 26.2 Å². The number of fused-ring (bicyclic) bond motifs is 1. The van der Waals surface area contributed by atoms with E-state index in [1.807, 2.05) is 17.5 Å². The van der Waals surface area contributed by atoms with Crippen molar-refractivity contribution in [3.63, 3.8) is 0 Å². The minimum Gasteiger partial charge on any atom is -0.323 e. The molecule has 1 aliphatic carbocycles. The molecule has 0 amide bonds. The Hall–Kier alpha value is -1.58. The van der Waals surface area contributed by atoms with Gasteiger partial charge in [0.15, 0.2) is 0 Å². The Morgan fingerprint density at radius 1 is 1.60 bits per heavy atom. The number of hydrogen-bond donors (Lipinski definition) is 1. The van der Waals surface area contributed by atoms with E-state index in [4.69, 9.17) is 0 Å². The number of aromatic nitrogens is 3. The lowest BCUT2D eigenvalue weighted by Gasteiger charge is -2.00. The minimum absolute atomic E-state index is 0.0537. The van der Waals surface area contributed by atoms with E-state index >= 15 is 0 Å². The average Bonchev–Trinajstić information content (AvgIpc) is 2.74. The molecular weight excluding hydrogens is 190 g/mol. The molecule has 0 spiro atoms. The molecule has 1 aliphatic rings. The summed E-state index contributed by atoms with van der Waals surface area (Å²) >= 11 is 0. The molecule has 2 aromatic heterocycles. The Morgan fingerprint density at radius 3 is 3.00 bits per heavy atom. The van der Waals surface area contributed by atoms with Gasteiger partial charge >= 0.3 is 0 Å². The van der Waals surface area contributed by atoms with Gasteiger partial charge in [-0.05, 0) is 19.3 Å². The summed E-state index contributed by atoms with van der Waals surface area (Å²) < 4.78 is 1.93. The van der Waals surface area contributed by atoms with Crippen LogP contribution < -0.4 is 5.56 Å². The molecular formula is C11H13N3O. The molecule has 78 valence electrons. The van der Waals surface area contributed by atoms with Crippen LogP contribution in [0.1, 0.15) is 30.8 Å². The highest BCUT2D eigenvalue weighted by molar-refractivity contribution is 5.45. The number of imidazole rings is 1. The first kappa shape index (κ1) is 8.71.